The molecule has 0 aromatic rings. The molecule has 8 nitrogen and oxygen atoms in total. The molecule has 1 aliphatic heterocycles. The lowest BCUT2D eigenvalue weighted by Crippen LogP contribution is -2.59. The maximum Gasteiger partial charge on any atom is 0.327 e. The number of urea groups is 1. The van der Waals surface area contributed by atoms with Gasteiger partial charge in [0.05, 0.1) is 13.2 Å². The van der Waals surface area contributed by atoms with Crippen LogP contribution in [0.2, 0.25) is 0 Å². The predicted octanol–water partition coefficient (Wildman–Crippen LogP) is -1.38. The van der Waals surface area contributed by atoms with Crippen LogP contribution in [0.3, 0.4) is 0 Å². The number of rotatable bonds is 4. The molecule has 0 aliphatic carbocycles. The third-order valence-corrected chi connectivity index (χ3v) is 2.86. The largest absolute Gasteiger partial charge is 0.480 e. The number of carbonyl (C=O) groups excluding carboxylic acids is 2. The molecule has 1 aliphatic rings. The molecule has 1 fully saturated rings. The second-order valence-electron chi connectivity index (χ2n) is 4.15. The zero-order valence-electron chi connectivity index (χ0n) is 11.1. The van der Waals surface area contributed by atoms with E-state index in [9.17, 15) is 14.4 Å². The molecule has 110 valence electrons. The highest BCUT2D eigenvalue weighted by molar-refractivity contribution is 5.89. The van der Waals surface area contributed by atoms with Gasteiger partial charge in [0.1, 0.15) is 12.1 Å². The Labute approximate surface area is 116 Å². The SMILES string of the molecule is C#CCC(NC(=O)N1CCOCC1C(=O)NC)C(=O)O. The first kappa shape index (κ1) is 15.8. The Morgan fingerprint density at radius 3 is 2.80 bits per heavy atom. The number of nitrogens with one attached hydrogen (secondary N) is 2. The third kappa shape index (κ3) is 3.86. The molecule has 0 spiro atoms. The maximum atomic E-state index is 12.1. The van der Waals surface area contributed by atoms with Gasteiger partial charge in [0.15, 0.2) is 0 Å². The molecule has 0 aromatic heterocycles. The summed E-state index contributed by atoms with van der Waals surface area (Å²) >= 11 is 0. The second kappa shape index (κ2) is 7.35. The molecule has 20 heavy (non-hydrogen) atoms. The van der Waals surface area contributed by atoms with Crippen LogP contribution >= 0.6 is 0 Å². The summed E-state index contributed by atoms with van der Waals surface area (Å²) in [7, 11) is 1.45. The molecule has 1 saturated heterocycles. The lowest BCUT2D eigenvalue weighted by atomic mass is 10.2. The summed E-state index contributed by atoms with van der Waals surface area (Å²) < 4.78 is 5.15. The van der Waals surface area contributed by atoms with Crippen molar-refractivity contribution in [3.63, 3.8) is 0 Å². The summed E-state index contributed by atoms with van der Waals surface area (Å²) in [6, 6.07) is -2.61. The van der Waals surface area contributed by atoms with Gasteiger partial charge in [-0.05, 0) is 0 Å². The van der Waals surface area contributed by atoms with Gasteiger partial charge in [-0.25, -0.2) is 9.59 Å². The monoisotopic (exact) mass is 283 g/mol. The predicted molar refractivity (Wildman–Crippen MR) is 68.8 cm³/mol. The summed E-state index contributed by atoms with van der Waals surface area (Å²) in [6.07, 6.45) is 4.93. The number of hydrogen-bond acceptors (Lipinski definition) is 4. The summed E-state index contributed by atoms with van der Waals surface area (Å²) in [5, 5.41) is 13.7. The minimum atomic E-state index is -1.22. The molecule has 3 N–H and O–H groups in total. The standard InChI is InChI=1S/C12H17N3O5/c1-3-4-8(11(17)18)14-12(19)15-5-6-20-7-9(15)10(16)13-2/h1,8-9H,4-7H2,2H3,(H,13,16)(H,14,19)(H,17,18). The topological polar surface area (TPSA) is 108 Å². The van der Waals surface area contributed by atoms with Gasteiger partial charge in [-0.1, -0.05) is 0 Å². The van der Waals surface area contributed by atoms with Crippen molar-refractivity contribution in [2.75, 3.05) is 26.8 Å². The van der Waals surface area contributed by atoms with Crippen molar-refractivity contribution in [2.45, 2.75) is 18.5 Å². The molecule has 2 atom stereocenters. The van der Waals surface area contributed by atoms with E-state index in [1.807, 2.05) is 0 Å². The number of aliphatic carboxylic acids is 1. The number of hydrogen-bond donors (Lipinski definition) is 3. The van der Waals surface area contributed by atoms with Crippen LogP contribution in [0.1, 0.15) is 6.42 Å². The van der Waals surface area contributed by atoms with Crippen LogP contribution in [0.15, 0.2) is 0 Å². The molecule has 0 aromatic carbocycles. The summed E-state index contributed by atoms with van der Waals surface area (Å²) in [6.45, 7) is 0.556. The van der Waals surface area contributed by atoms with E-state index in [2.05, 4.69) is 16.6 Å². The van der Waals surface area contributed by atoms with Crippen LogP contribution in [0.5, 0.6) is 0 Å². The zero-order valence-corrected chi connectivity index (χ0v) is 11.1. The minimum absolute atomic E-state index is 0.0694. The second-order valence-corrected chi connectivity index (χ2v) is 4.15. The van der Waals surface area contributed by atoms with Gasteiger partial charge in [-0.15, -0.1) is 12.3 Å². The van der Waals surface area contributed by atoms with Crippen LogP contribution in [-0.4, -0.2) is 66.8 Å². The van der Waals surface area contributed by atoms with E-state index in [0.717, 1.165) is 0 Å². The number of amides is 3. The first-order valence-electron chi connectivity index (χ1n) is 6.04. The van der Waals surface area contributed by atoms with E-state index in [1.54, 1.807) is 0 Å². The molecular weight excluding hydrogens is 266 g/mol. The molecule has 0 radical (unpaired) electrons. The minimum Gasteiger partial charge on any atom is -0.480 e. The number of nitrogens with zero attached hydrogens (tertiary/aromatic N) is 1. The average Bonchev–Trinajstić information content (AvgIpc) is 2.45. The zero-order chi connectivity index (χ0) is 15.1. The lowest BCUT2D eigenvalue weighted by molar-refractivity contribution is -0.139. The van der Waals surface area contributed by atoms with Crippen molar-refractivity contribution in [1.82, 2.24) is 15.5 Å². The fourth-order valence-corrected chi connectivity index (χ4v) is 1.78. The fraction of sp³-hybridized carbons (Fsp3) is 0.583. The molecule has 1 heterocycles. The van der Waals surface area contributed by atoms with Crippen LogP contribution in [0, 0.1) is 12.3 Å². The van der Waals surface area contributed by atoms with Gasteiger partial charge < -0.3 is 25.4 Å². The Morgan fingerprint density at radius 1 is 1.55 bits per heavy atom. The Hall–Kier alpha value is -2.27. The number of carboxylic acid groups (broad SMARTS) is 1. The normalized spacial score (nSPS) is 19.6. The number of carboxylic acids is 1. The van der Waals surface area contributed by atoms with Gasteiger partial charge in [0, 0.05) is 20.0 Å². The van der Waals surface area contributed by atoms with Gasteiger partial charge in [0.2, 0.25) is 5.91 Å². The first-order valence-corrected chi connectivity index (χ1v) is 6.04. The Morgan fingerprint density at radius 2 is 2.25 bits per heavy atom. The molecular formula is C12H17N3O5. The molecule has 0 saturated carbocycles. The molecule has 8 heteroatoms. The van der Waals surface area contributed by atoms with Crippen molar-refractivity contribution < 1.29 is 24.2 Å². The van der Waals surface area contributed by atoms with Gasteiger partial charge in [-0.3, -0.25) is 4.79 Å². The van der Waals surface area contributed by atoms with Gasteiger partial charge in [-0.2, -0.15) is 0 Å². The quantitative estimate of drug-likeness (QED) is 0.551. The molecule has 0 bridgehead atoms. The van der Waals surface area contributed by atoms with Crippen molar-refractivity contribution in [2.24, 2.45) is 0 Å². The number of carbonyl (C=O) groups is 3. The van der Waals surface area contributed by atoms with Crippen LogP contribution in [-0.2, 0) is 14.3 Å². The Balaban J connectivity index is 2.74. The smallest absolute Gasteiger partial charge is 0.327 e. The van der Waals surface area contributed by atoms with E-state index in [4.69, 9.17) is 16.3 Å². The number of terminal acetylenes is 1. The molecule has 1 rings (SSSR count). The average molecular weight is 283 g/mol. The Bertz CT molecular complexity index is 431. The van der Waals surface area contributed by atoms with Crippen LogP contribution in [0.4, 0.5) is 4.79 Å². The summed E-state index contributed by atoms with van der Waals surface area (Å²) in [5.74, 6) is 0.592. The highest BCUT2D eigenvalue weighted by atomic mass is 16.5. The van der Waals surface area contributed by atoms with E-state index in [1.165, 1.54) is 11.9 Å². The van der Waals surface area contributed by atoms with Crippen LogP contribution in [0.25, 0.3) is 0 Å². The summed E-state index contributed by atoms with van der Waals surface area (Å²) in [4.78, 5) is 35.9. The van der Waals surface area contributed by atoms with E-state index in [-0.39, 0.29) is 32.1 Å². The number of morpholine rings is 1. The van der Waals surface area contributed by atoms with E-state index >= 15 is 0 Å². The Kier molecular flexibility index (Phi) is 5.80. The molecule has 2 unspecified atom stereocenters. The third-order valence-electron chi connectivity index (χ3n) is 2.86. The molecule has 3 amide bonds. The number of likely N-dealkylation sites (N-methyl/N-ethyl adjacent to an activating group) is 1. The maximum absolute atomic E-state index is 12.1. The van der Waals surface area contributed by atoms with Crippen LogP contribution < -0.4 is 10.6 Å². The van der Waals surface area contributed by atoms with E-state index in [0.29, 0.717) is 0 Å². The highest BCUT2D eigenvalue weighted by Gasteiger charge is 2.33. The number of ether oxygens (including phenoxy) is 1. The van der Waals surface area contributed by atoms with E-state index < -0.39 is 24.1 Å². The van der Waals surface area contributed by atoms with Crippen molar-refractivity contribution >= 4 is 17.9 Å². The van der Waals surface area contributed by atoms with Gasteiger partial charge in [0.25, 0.3) is 0 Å². The summed E-state index contributed by atoms with van der Waals surface area (Å²) in [5.41, 5.74) is 0. The first-order chi connectivity index (χ1) is 9.51. The van der Waals surface area contributed by atoms with Crippen molar-refractivity contribution in [1.29, 1.82) is 0 Å². The van der Waals surface area contributed by atoms with Crippen molar-refractivity contribution in [3.8, 4) is 12.3 Å². The highest BCUT2D eigenvalue weighted by Crippen LogP contribution is 2.08. The van der Waals surface area contributed by atoms with Gasteiger partial charge >= 0.3 is 12.0 Å². The van der Waals surface area contributed by atoms with Crippen molar-refractivity contribution in [3.05, 3.63) is 0 Å². The fourth-order valence-electron chi connectivity index (χ4n) is 1.78. The lowest BCUT2D eigenvalue weighted by Gasteiger charge is -2.34.